The van der Waals surface area contributed by atoms with Crippen molar-refractivity contribution in [2.24, 2.45) is 0 Å². The first kappa shape index (κ1) is 13.0. The molecule has 1 aliphatic rings. The summed E-state index contributed by atoms with van der Waals surface area (Å²) in [6, 6.07) is 2.44. The third kappa shape index (κ3) is 2.38. The molecule has 2 rings (SSSR count). The molecule has 1 aliphatic heterocycles. The average molecular weight is 250 g/mol. The van der Waals surface area contributed by atoms with Gasteiger partial charge in [-0.2, -0.15) is 0 Å². The third-order valence-electron chi connectivity index (χ3n) is 3.17. The number of benzene rings is 1. The Labute approximate surface area is 109 Å². The molecule has 100 valence electrons. The second-order valence-electron chi connectivity index (χ2n) is 4.85. The zero-order valence-corrected chi connectivity index (χ0v) is 11.6. The van der Waals surface area contributed by atoms with Crippen LogP contribution in [0.4, 0.5) is 5.69 Å². The Morgan fingerprint density at radius 2 is 2.06 bits per heavy atom. The molecule has 0 spiro atoms. The molecule has 0 amide bonds. The SMILES string of the molecule is COc1cc2c(c(NC(C)C)c1OC)CCNC2. The maximum atomic E-state index is 5.53. The van der Waals surface area contributed by atoms with Crippen LogP contribution in [0, 0.1) is 0 Å². The van der Waals surface area contributed by atoms with Crippen molar-refractivity contribution >= 4 is 5.69 Å². The number of nitrogens with one attached hydrogen (secondary N) is 2. The highest BCUT2D eigenvalue weighted by atomic mass is 16.5. The smallest absolute Gasteiger partial charge is 0.184 e. The van der Waals surface area contributed by atoms with Gasteiger partial charge in [0.15, 0.2) is 11.5 Å². The zero-order valence-electron chi connectivity index (χ0n) is 11.6. The van der Waals surface area contributed by atoms with Gasteiger partial charge >= 0.3 is 0 Å². The molecule has 1 heterocycles. The van der Waals surface area contributed by atoms with E-state index < -0.39 is 0 Å². The van der Waals surface area contributed by atoms with Crippen molar-refractivity contribution in [3.05, 3.63) is 17.2 Å². The number of ether oxygens (including phenoxy) is 2. The van der Waals surface area contributed by atoms with Crippen LogP contribution in [0.5, 0.6) is 11.5 Å². The van der Waals surface area contributed by atoms with Crippen LogP contribution in [0.15, 0.2) is 6.07 Å². The van der Waals surface area contributed by atoms with E-state index in [1.165, 1.54) is 11.1 Å². The Morgan fingerprint density at radius 3 is 2.67 bits per heavy atom. The van der Waals surface area contributed by atoms with E-state index in [9.17, 15) is 0 Å². The highest BCUT2D eigenvalue weighted by Crippen LogP contribution is 2.41. The summed E-state index contributed by atoms with van der Waals surface area (Å²) in [4.78, 5) is 0. The van der Waals surface area contributed by atoms with E-state index in [-0.39, 0.29) is 0 Å². The number of fused-ring (bicyclic) bond motifs is 1. The Bertz CT molecular complexity index is 416. The van der Waals surface area contributed by atoms with E-state index in [1.807, 2.05) is 0 Å². The number of rotatable bonds is 4. The van der Waals surface area contributed by atoms with Gasteiger partial charge < -0.3 is 20.1 Å². The van der Waals surface area contributed by atoms with Gasteiger partial charge in [-0.25, -0.2) is 0 Å². The highest BCUT2D eigenvalue weighted by Gasteiger charge is 2.21. The quantitative estimate of drug-likeness (QED) is 0.859. The van der Waals surface area contributed by atoms with Gasteiger partial charge in [0.2, 0.25) is 0 Å². The fourth-order valence-electron chi connectivity index (χ4n) is 2.41. The maximum absolute atomic E-state index is 5.53. The first-order chi connectivity index (χ1) is 8.67. The van der Waals surface area contributed by atoms with Gasteiger partial charge in [-0.05, 0) is 44.0 Å². The first-order valence-corrected chi connectivity index (χ1v) is 6.41. The van der Waals surface area contributed by atoms with E-state index in [0.29, 0.717) is 6.04 Å². The van der Waals surface area contributed by atoms with E-state index in [2.05, 4.69) is 30.5 Å². The molecule has 0 fully saturated rings. The van der Waals surface area contributed by atoms with E-state index in [1.54, 1.807) is 14.2 Å². The van der Waals surface area contributed by atoms with Crippen LogP contribution in [0.25, 0.3) is 0 Å². The summed E-state index contributed by atoms with van der Waals surface area (Å²) < 4.78 is 11.0. The second-order valence-corrected chi connectivity index (χ2v) is 4.85. The fraction of sp³-hybridized carbons (Fsp3) is 0.571. The Balaban J connectivity index is 2.55. The molecule has 18 heavy (non-hydrogen) atoms. The minimum Gasteiger partial charge on any atom is -0.493 e. The number of hydrogen-bond acceptors (Lipinski definition) is 4. The van der Waals surface area contributed by atoms with Crippen LogP contribution in [-0.4, -0.2) is 26.8 Å². The lowest BCUT2D eigenvalue weighted by molar-refractivity contribution is 0.354. The molecular weight excluding hydrogens is 228 g/mol. The van der Waals surface area contributed by atoms with Crippen LogP contribution in [0.2, 0.25) is 0 Å². The summed E-state index contributed by atoms with van der Waals surface area (Å²) in [5, 5.41) is 6.88. The molecule has 0 aromatic heterocycles. The number of anilines is 1. The van der Waals surface area contributed by atoms with Crippen molar-refractivity contribution in [2.75, 3.05) is 26.1 Å². The van der Waals surface area contributed by atoms with E-state index in [0.717, 1.165) is 36.7 Å². The molecule has 0 radical (unpaired) electrons. The minimum absolute atomic E-state index is 0.366. The monoisotopic (exact) mass is 250 g/mol. The van der Waals surface area contributed by atoms with Gasteiger partial charge in [0.1, 0.15) is 0 Å². The first-order valence-electron chi connectivity index (χ1n) is 6.41. The van der Waals surface area contributed by atoms with E-state index >= 15 is 0 Å². The molecule has 1 aromatic carbocycles. The summed E-state index contributed by atoms with van der Waals surface area (Å²) in [5.41, 5.74) is 3.73. The number of methoxy groups -OCH3 is 2. The summed E-state index contributed by atoms with van der Waals surface area (Å²) in [6.07, 6.45) is 1.02. The predicted molar refractivity (Wildman–Crippen MR) is 73.7 cm³/mol. The highest BCUT2D eigenvalue weighted by molar-refractivity contribution is 5.71. The van der Waals surface area contributed by atoms with Crippen molar-refractivity contribution in [1.29, 1.82) is 0 Å². The van der Waals surface area contributed by atoms with Crippen molar-refractivity contribution in [1.82, 2.24) is 5.32 Å². The standard InChI is InChI=1S/C14H22N2O2/c1-9(2)16-13-11-5-6-15-8-10(11)7-12(17-3)14(13)18-4/h7,9,15-16H,5-6,8H2,1-4H3. The normalized spacial score (nSPS) is 14.3. The Morgan fingerprint density at radius 1 is 1.28 bits per heavy atom. The minimum atomic E-state index is 0.366. The molecule has 0 bridgehead atoms. The van der Waals surface area contributed by atoms with E-state index in [4.69, 9.17) is 9.47 Å². The summed E-state index contributed by atoms with van der Waals surface area (Å²) in [6.45, 7) is 6.16. The van der Waals surface area contributed by atoms with Gasteiger partial charge in [-0.3, -0.25) is 0 Å². The van der Waals surface area contributed by atoms with Gasteiger partial charge in [-0.1, -0.05) is 0 Å². The molecule has 4 heteroatoms. The van der Waals surface area contributed by atoms with Gasteiger partial charge in [0.05, 0.1) is 19.9 Å². The lowest BCUT2D eigenvalue weighted by Gasteiger charge is -2.26. The van der Waals surface area contributed by atoms with Crippen LogP contribution in [-0.2, 0) is 13.0 Å². The van der Waals surface area contributed by atoms with Crippen LogP contribution in [0.3, 0.4) is 0 Å². The third-order valence-corrected chi connectivity index (χ3v) is 3.17. The second kappa shape index (κ2) is 5.48. The topological polar surface area (TPSA) is 42.5 Å². The summed E-state index contributed by atoms with van der Waals surface area (Å²) >= 11 is 0. The Hall–Kier alpha value is -1.42. The largest absolute Gasteiger partial charge is 0.493 e. The average Bonchev–Trinajstić information content (AvgIpc) is 2.37. The molecule has 4 nitrogen and oxygen atoms in total. The van der Waals surface area contributed by atoms with Crippen LogP contribution >= 0.6 is 0 Å². The molecule has 0 unspecified atom stereocenters. The zero-order chi connectivity index (χ0) is 13.1. The Kier molecular flexibility index (Phi) is 3.97. The molecule has 0 saturated heterocycles. The van der Waals surface area contributed by atoms with Crippen LogP contribution in [0.1, 0.15) is 25.0 Å². The van der Waals surface area contributed by atoms with Crippen molar-refractivity contribution in [3.63, 3.8) is 0 Å². The van der Waals surface area contributed by atoms with Gasteiger partial charge in [-0.15, -0.1) is 0 Å². The molecule has 0 aliphatic carbocycles. The lowest BCUT2D eigenvalue weighted by atomic mass is 9.97. The summed E-state index contributed by atoms with van der Waals surface area (Å²) in [7, 11) is 3.37. The maximum Gasteiger partial charge on any atom is 0.184 e. The molecular formula is C14H22N2O2. The van der Waals surface area contributed by atoms with Crippen molar-refractivity contribution < 1.29 is 9.47 Å². The van der Waals surface area contributed by atoms with Crippen molar-refractivity contribution in [2.45, 2.75) is 32.9 Å². The molecule has 0 atom stereocenters. The van der Waals surface area contributed by atoms with Gasteiger partial charge in [0.25, 0.3) is 0 Å². The molecule has 0 saturated carbocycles. The molecule has 2 N–H and O–H groups in total. The van der Waals surface area contributed by atoms with Crippen LogP contribution < -0.4 is 20.1 Å². The lowest BCUT2D eigenvalue weighted by Crippen LogP contribution is -2.26. The predicted octanol–water partition coefficient (Wildman–Crippen LogP) is 2.17. The summed E-state index contributed by atoms with van der Waals surface area (Å²) in [5.74, 6) is 1.61. The fourth-order valence-corrected chi connectivity index (χ4v) is 2.41. The number of hydrogen-bond donors (Lipinski definition) is 2. The van der Waals surface area contributed by atoms with Crippen molar-refractivity contribution in [3.8, 4) is 11.5 Å². The van der Waals surface area contributed by atoms with Gasteiger partial charge in [0, 0.05) is 12.6 Å². The molecule has 1 aromatic rings.